The number of carbonyl (C=O) groups excluding carboxylic acids is 2. The molecule has 0 spiro atoms. The minimum absolute atomic E-state index is 0.0623. The number of nitrogens with zero attached hydrogens (tertiary/aromatic N) is 2. The van der Waals surface area contributed by atoms with Crippen LogP contribution in [0.5, 0.6) is 0 Å². The number of urea groups is 1. The first-order chi connectivity index (χ1) is 22.1. The Hall–Kier alpha value is -3.26. The molecule has 2 aromatic rings. The standard InChI is InChI=1S/C33H45F3N6O4S/c1-32(2)18-27-29(47(45,46)19-32)23-4-3-5-26(23)42(27)22-16-24(34)28(30(37)43)25(17-22)39-20-6-8-21(9-7-20)40-31(44)38-12-15-41-13-10-33(35,36)11-14-41/h16-17,20-21,39H,3-15,18-19H2,1-2H3,(H2,37,43)(H2,38,40,44). The van der Waals surface area contributed by atoms with Crippen molar-refractivity contribution in [3.63, 3.8) is 0 Å². The van der Waals surface area contributed by atoms with Crippen LogP contribution in [0, 0.1) is 11.2 Å². The van der Waals surface area contributed by atoms with Crippen molar-refractivity contribution in [3.8, 4) is 5.69 Å². The highest BCUT2D eigenvalue weighted by atomic mass is 32.2. The second-order valence-electron chi connectivity index (χ2n) is 14.5. The number of carbonyl (C=O) groups is 2. The number of anilines is 1. The lowest BCUT2D eigenvalue weighted by Gasteiger charge is -2.32. The van der Waals surface area contributed by atoms with Crippen LogP contribution in [0.4, 0.5) is 23.7 Å². The summed E-state index contributed by atoms with van der Waals surface area (Å²) in [5, 5.41) is 9.14. The normalized spacial score (nSPS) is 24.6. The Bertz CT molecular complexity index is 1660. The average molecular weight is 679 g/mol. The van der Waals surface area contributed by atoms with Gasteiger partial charge in [-0.1, -0.05) is 13.8 Å². The van der Waals surface area contributed by atoms with Gasteiger partial charge in [-0.05, 0) is 74.5 Å². The Labute approximate surface area is 273 Å². The summed E-state index contributed by atoms with van der Waals surface area (Å²) < 4.78 is 71.2. The molecule has 1 saturated heterocycles. The van der Waals surface area contributed by atoms with Gasteiger partial charge in [-0.3, -0.25) is 4.79 Å². The zero-order valence-corrected chi connectivity index (χ0v) is 27.9. The molecule has 5 N–H and O–H groups in total. The third-order valence-electron chi connectivity index (χ3n) is 10.1. The number of nitrogens with one attached hydrogen (secondary N) is 3. The summed E-state index contributed by atoms with van der Waals surface area (Å²) >= 11 is 0. The van der Waals surface area contributed by atoms with Crippen molar-refractivity contribution < 1.29 is 31.2 Å². The van der Waals surface area contributed by atoms with Gasteiger partial charge in [0.2, 0.25) is 0 Å². The van der Waals surface area contributed by atoms with Crippen molar-refractivity contribution in [1.29, 1.82) is 0 Å². The van der Waals surface area contributed by atoms with E-state index in [2.05, 4.69) is 16.0 Å². The van der Waals surface area contributed by atoms with Crippen LogP contribution in [0.25, 0.3) is 5.69 Å². The first-order valence-electron chi connectivity index (χ1n) is 16.7. The Balaban J connectivity index is 1.13. The van der Waals surface area contributed by atoms with Gasteiger partial charge in [0.05, 0.1) is 27.6 Å². The van der Waals surface area contributed by atoms with Gasteiger partial charge < -0.3 is 31.2 Å². The first-order valence-corrected chi connectivity index (χ1v) is 18.3. The highest BCUT2D eigenvalue weighted by Crippen LogP contribution is 2.45. The summed E-state index contributed by atoms with van der Waals surface area (Å²) in [5.41, 5.74) is 8.04. The number of aromatic nitrogens is 1. The maximum atomic E-state index is 15.7. The minimum atomic E-state index is -3.52. The Morgan fingerprint density at radius 1 is 1.02 bits per heavy atom. The fourth-order valence-electron chi connectivity index (χ4n) is 7.94. The number of primary amides is 1. The Kier molecular flexibility index (Phi) is 9.05. The summed E-state index contributed by atoms with van der Waals surface area (Å²) in [5.74, 6) is -4.20. The van der Waals surface area contributed by atoms with Gasteiger partial charge >= 0.3 is 6.03 Å². The maximum Gasteiger partial charge on any atom is 0.315 e. The number of fused-ring (bicyclic) bond motifs is 3. The fraction of sp³-hybridized carbons (Fsp3) is 0.636. The maximum absolute atomic E-state index is 15.7. The molecule has 0 atom stereocenters. The molecule has 6 rings (SSSR count). The molecule has 3 heterocycles. The number of halogens is 3. The molecule has 1 aromatic carbocycles. The molecule has 1 aromatic heterocycles. The van der Waals surface area contributed by atoms with Gasteiger partial charge in [0.1, 0.15) is 5.82 Å². The van der Waals surface area contributed by atoms with Gasteiger partial charge in [-0.15, -0.1) is 0 Å². The second-order valence-corrected chi connectivity index (χ2v) is 16.4. The van der Waals surface area contributed by atoms with Crippen molar-refractivity contribution >= 4 is 27.5 Å². The van der Waals surface area contributed by atoms with E-state index in [9.17, 15) is 26.8 Å². The molecule has 0 unspecified atom stereocenters. The lowest BCUT2D eigenvalue weighted by molar-refractivity contribution is -0.0546. The number of piperidine rings is 1. The number of sulfone groups is 1. The van der Waals surface area contributed by atoms with E-state index in [4.69, 9.17) is 5.73 Å². The smallest absolute Gasteiger partial charge is 0.315 e. The van der Waals surface area contributed by atoms with Crippen LogP contribution in [-0.4, -0.2) is 79.8 Å². The third-order valence-corrected chi connectivity index (χ3v) is 12.4. The topological polar surface area (TPSA) is 139 Å². The van der Waals surface area contributed by atoms with Crippen LogP contribution < -0.4 is 21.7 Å². The van der Waals surface area contributed by atoms with E-state index in [-0.39, 0.29) is 48.0 Å². The van der Waals surface area contributed by atoms with E-state index in [1.165, 1.54) is 6.07 Å². The molecule has 258 valence electrons. The van der Waals surface area contributed by atoms with Crippen LogP contribution in [-0.2, 0) is 29.1 Å². The van der Waals surface area contributed by atoms with Crippen LogP contribution in [0.3, 0.4) is 0 Å². The highest BCUT2D eigenvalue weighted by molar-refractivity contribution is 7.91. The molecule has 2 aliphatic heterocycles. The molecule has 4 aliphatic rings. The lowest BCUT2D eigenvalue weighted by atomic mass is 9.89. The molecule has 2 aliphatic carbocycles. The van der Waals surface area contributed by atoms with Gasteiger partial charge in [0, 0.05) is 62.5 Å². The zero-order valence-electron chi connectivity index (χ0n) is 27.1. The van der Waals surface area contributed by atoms with Gasteiger partial charge in [-0.2, -0.15) is 0 Å². The van der Waals surface area contributed by atoms with Crippen molar-refractivity contribution in [2.24, 2.45) is 11.1 Å². The van der Waals surface area contributed by atoms with Crippen LogP contribution in [0.15, 0.2) is 17.0 Å². The van der Waals surface area contributed by atoms with Gasteiger partial charge in [0.15, 0.2) is 9.84 Å². The van der Waals surface area contributed by atoms with Crippen molar-refractivity contribution in [2.75, 3.05) is 37.2 Å². The van der Waals surface area contributed by atoms with Gasteiger partial charge in [0.25, 0.3) is 11.8 Å². The number of hydrogen-bond acceptors (Lipinski definition) is 6. The molecule has 2 fully saturated rings. The number of hydrogen-bond donors (Lipinski definition) is 4. The minimum Gasteiger partial charge on any atom is -0.382 e. The Morgan fingerprint density at radius 3 is 2.38 bits per heavy atom. The summed E-state index contributed by atoms with van der Waals surface area (Å²) in [6.45, 7) is 5.36. The fourth-order valence-corrected chi connectivity index (χ4v) is 10.3. The van der Waals surface area contributed by atoms with E-state index in [0.717, 1.165) is 17.7 Å². The molecule has 0 bridgehead atoms. The van der Waals surface area contributed by atoms with Gasteiger partial charge in [-0.25, -0.2) is 26.4 Å². The summed E-state index contributed by atoms with van der Waals surface area (Å²) in [6.07, 6.45) is 4.99. The van der Waals surface area contributed by atoms with Crippen LogP contribution in [0.2, 0.25) is 0 Å². The van der Waals surface area contributed by atoms with E-state index in [0.29, 0.717) is 87.4 Å². The van der Waals surface area contributed by atoms with Crippen molar-refractivity contribution in [2.45, 2.75) is 101 Å². The van der Waals surface area contributed by atoms with E-state index in [1.807, 2.05) is 23.3 Å². The highest BCUT2D eigenvalue weighted by Gasteiger charge is 2.43. The van der Waals surface area contributed by atoms with Crippen LogP contribution >= 0.6 is 0 Å². The predicted molar refractivity (Wildman–Crippen MR) is 173 cm³/mol. The summed E-state index contributed by atoms with van der Waals surface area (Å²) in [7, 11) is -3.52. The quantitative estimate of drug-likeness (QED) is 0.328. The molecular weight excluding hydrogens is 633 g/mol. The van der Waals surface area contributed by atoms with Crippen LogP contribution in [0.1, 0.15) is 86.1 Å². The van der Waals surface area contributed by atoms with Crippen molar-refractivity contribution in [3.05, 3.63) is 40.5 Å². The summed E-state index contributed by atoms with van der Waals surface area (Å²) in [6, 6.07) is 2.50. The zero-order chi connectivity index (χ0) is 33.7. The predicted octanol–water partition coefficient (Wildman–Crippen LogP) is 4.31. The molecule has 10 nitrogen and oxygen atoms in total. The molecule has 14 heteroatoms. The van der Waals surface area contributed by atoms with E-state index in [1.54, 1.807) is 6.07 Å². The largest absolute Gasteiger partial charge is 0.382 e. The molecule has 1 saturated carbocycles. The average Bonchev–Trinajstić information content (AvgIpc) is 3.53. The van der Waals surface area contributed by atoms with Crippen molar-refractivity contribution in [1.82, 2.24) is 20.1 Å². The molecule has 47 heavy (non-hydrogen) atoms. The Morgan fingerprint density at radius 2 is 1.70 bits per heavy atom. The third kappa shape index (κ3) is 7.13. The molecule has 0 radical (unpaired) electrons. The first kappa shape index (κ1) is 33.6. The number of likely N-dealkylation sites (tertiary alicyclic amines) is 1. The second kappa shape index (κ2) is 12.6. The monoisotopic (exact) mass is 678 g/mol. The van der Waals surface area contributed by atoms with E-state index < -0.39 is 32.9 Å². The molecular formula is C33H45F3N6O4S. The number of amides is 3. The number of nitrogens with two attached hydrogens (primary N) is 1. The number of benzene rings is 1. The summed E-state index contributed by atoms with van der Waals surface area (Å²) in [4.78, 5) is 27.2. The van der Waals surface area contributed by atoms with E-state index >= 15 is 4.39 Å². The number of rotatable bonds is 8. The lowest BCUT2D eigenvalue weighted by Crippen LogP contribution is -2.47. The molecule has 3 amide bonds. The number of alkyl halides is 2. The SMILES string of the molecule is CC1(C)Cc2c(c3c(n2-c2cc(F)c(C(N)=O)c(NC4CCC(NC(=O)NCCN5CCC(F)(F)CC5)CC4)c2)CCC3)S(=O)(=O)C1.